The van der Waals surface area contributed by atoms with E-state index in [-0.39, 0.29) is 5.91 Å². The maximum Gasteiger partial charge on any atom is 0.243 e. The van der Waals surface area contributed by atoms with Crippen molar-refractivity contribution in [2.75, 3.05) is 32.7 Å². The number of piperazine rings is 2. The Hall–Kier alpha value is -2.55. The number of likely N-dealkylation sites (tertiary alicyclic amines) is 1. The smallest absolute Gasteiger partial charge is 0.243 e. The fourth-order valence-electron chi connectivity index (χ4n) is 6.24. The van der Waals surface area contributed by atoms with Crippen LogP contribution in [0.5, 0.6) is 0 Å². The number of benzene rings is 1. The van der Waals surface area contributed by atoms with Crippen LogP contribution in [-0.4, -0.2) is 83.8 Å². The molecule has 0 aliphatic carbocycles. The van der Waals surface area contributed by atoms with Gasteiger partial charge >= 0.3 is 0 Å². The van der Waals surface area contributed by atoms with Gasteiger partial charge in [0.15, 0.2) is 5.82 Å². The SMILES string of the molecule is C=C1NC(=O)CN(CC)/C1=C(/N=C\N)N1CC2CCC(C1)N2C(C)[C@H](CNC(C)C)c1ccc(Cl)cc1. The van der Waals surface area contributed by atoms with E-state index in [0.717, 1.165) is 49.0 Å². The number of nitrogens with two attached hydrogens (primary N) is 1. The van der Waals surface area contributed by atoms with E-state index >= 15 is 0 Å². The number of likely N-dealkylation sites (N-methyl/N-ethyl adjacent to an activating group) is 1. The van der Waals surface area contributed by atoms with Gasteiger partial charge in [-0.25, -0.2) is 4.99 Å². The molecule has 3 heterocycles. The standard InChI is InChI=1S/C28H42ClN7O/c1-6-34-16-26(37)33-19(4)27(34)28(32-17-30)35-14-23-11-12-24(15-35)36(23)20(5)25(13-31-18(2)3)21-7-9-22(29)10-8-21/h7-10,17-18,20,23-25,31H,4,6,11-16H2,1-3,5H3,(H2,30,32)(H,33,37)/b28-27-/t20?,23?,24?,25-/m0/s1. The molecule has 9 heteroatoms. The normalized spacial score (nSPS) is 25.7. The van der Waals surface area contributed by atoms with Crippen molar-refractivity contribution in [1.29, 1.82) is 0 Å². The largest absolute Gasteiger partial charge is 0.390 e. The second kappa shape index (κ2) is 11.9. The molecule has 0 radical (unpaired) electrons. The Bertz CT molecular complexity index is 1020. The van der Waals surface area contributed by atoms with E-state index < -0.39 is 0 Å². The Balaban J connectivity index is 1.60. The number of fused-ring (bicyclic) bond motifs is 2. The van der Waals surface area contributed by atoms with Gasteiger partial charge in [-0.1, -0.05) is 44.2 Å². The van der Waals surface area contributed by atoms with E-state index in [4.69, 9.17) is 17.3 Å². The Morgan fingerprint density at radius 3 is 2.46 bits per heavy atom. The Morgan fingerprint density at radius 2 is 1.89 bits per heavy atom. The fourth-order valence-corrected chi connectivity index (χ4v) is 6.37. The van der Waals surface area contributed by atoms with Gasteiger partial charge in [-0.3, -0.25) is 9.69 Å². The van der Waals surface area contributed by atoms with E-state index in [1.54, 1.807) is 0 Å². The predicted octanol–water partition coefficient (Wildman–Crippen LogP) is 3.08. The van der Waals surface area contributed by atoms with Crippen LogP contribution in [0.15, 0.2) is 53.1 Å². The summed E-state index contributed by atoms with van der Waals surface area (Å²) in [5, 5.41) is 7.34. The lowest BCUT2D eigenvalue weighted by atomic mass is 9.89. The van der Waals surface area contributed by atoms with Crippen molar-refractivity contribution in [3.8, 4) is 0 Å². The van der Waals surface area contributed by atoms with Gasteiger partial charge in [0.1, 0.15) is 5.70 Å². The summed E-state index contributed by atoms with van der Waals surface area (Å²) in [6.45, 7) is 16.6. The molecule has 37 heavy (non-hydrogen) atoms. The van der Waals surface area contributed by atoms with Crippen molar-refractivity contribution < 1.29 is 4.79 Å². The van der Waals surface area contributed by atoms with Crippen molar-refractivity contribution in [2.24, 2.45) is 10.7 Å². The molecule has 0 saturated carbocycles. The number of halogens is 1. The van der Waals surface area contributed by atoms with Crippen LogP contribution in [-0.2, 0) is 4.79 Å². The van der Waals surface area contributed by atoms with Crippen LogP contribution in [0, 0.1) is 0 Å². The molecule has 3 aliphatic rings. The molecule has 3 unspecified atom stereocenters. The number of amides is 1. The number of rotatable bonds is 9. The third-order valence-electron chi connectivity index (χ3n) is 7.95. The van der Waals surface area contributed by atoms with E-state index in [2.05, 4.69) is 64.9 Å². The number of nitrogens with one attached hydrogen (secondary N) is 2. The molecule has 1 amide bonds. The molecule has 1 aromatic rings. The van der Waals surface area contributed by atoms with Crippen LogP contribution >= 0.6 is 11.6 Å². The first-order chi connectivity index (χ1) is 17.7. The maximum atomic E-state index is 12.1. The average molecular weight is 528 g/mol. The minimum absolute atomic E-state index is 0.0476. The van der Waals surface area contributed by atoms with Gasteiger partial charge in [0.05, 0.1) is 18.6 Å². The van der Waals surface area contributed by atoms with Gasteiger partial charge in [0.2, 0.25) is 5.91 Å². The van der Waals surface area contributed by atoms with Crippen LogP contribution in [0.3, 0.4) is 0 Å². The van der Waals surface area contributed by atoms with Gasteiger partial charge in [0.25, 0.3) is 0 Å². The number of nitrogens with zero attached hydrogens (tertiary/aromatic N) is 4. The monoisotopic (exact) mass is 527 g/mol. The summed E-state index contributed by atoms with van der Waals surface area (Å²) < 4.78 is 0. The zero-order valence-corrected chi connectivity index (χ0v) is 23.3. The second-order valence-electron chi connectivity index (χ2n) is 10.7. The van der Waals surface area contributed by atoms with E-state index in [1.807, 2.05) is 24.0 Å². The van der Waals surface area contributed by atoms with Gasteiger partial charge < -0.3 is 26.2 Å². The van der Waals surface area contributed by atoms with Crippen molar-refractivity contribution in [3.05, 3.63) is 58.6 Å². The van der Waals surface area contributed by atoms with Gasteiger partial charge in [0, 0.05) is 61.3 Å². The van der Waals surface area contributed by atoms with E-state index in [1.165, 1.54) is 11.9 Å². The number of carbonyl (C=O) groups is 1. The van der Waals surface area contributed by atoms with Crippen LogP contribution in [0.25, 0.3) is 0 Å². The molecular formula is C28H42ClN7O. The summed E-state index contributed by atoms with van der Waals surface area (Å²) >= 11 is 6.21. The summed E-state index contributed by atoms with van der Waals surface area (Å²) in [5.41, 5.74) is 8.59. The average Bonchev–Trinajstić information content (AvgIpc) is 3.12. The summed E-state index contributed by atoms with van der Waals surface area (Å²) in [6, 6.07) is 9.94. The molecular weight excluding hydrogens is 486 g/mol. The minimum Gasteiger partial charge on any atom is -0.390 e. The van der Waals surface area contributed by atoms with Crippen LogP contribution in [0.1, 0.15) is 52.0 Å². The lowest BCUT2D eigenvalue weighted by Crippen LogP contribution is -2.58. The molecule has 3 aliphatic heterocycles. The first-order valence-corrected chi connectivity index (χ1v) is 13.8. The zero-order valence-electron chi connectivity index (χ0n) is 22.6. The first kappa shape index (κ1) is 27.5. The highest BCUT2D eigenvalue weighted by Gasteiger charge is 2.45. The van der Waals surface area contributed by atoms with Crippen molar-refractivity contribution in [2.45, 2.75) is 70.6 Å². The number of hydrogen-bond acceptors (Lipinski definition) is 6. The summed E-state index contributed by atoms with van der Waals surface area (Å²) in [4.78, 5) is 23.9. The van der Waals surface area contributed by atoms with Gasteiger partial charge in [-0.05, 0) is 44.4 Å². The Labute approximate surface area is 226 Å². The summed E-state index contributed by atoms with van der Waals surface area (Å²) in [5.74, 6) is 1.10. The van der Waals surface area contributed by atoms with Crippen LogP contribution in [0.4, 0.5) is 0 Å². The first-order valence-electron chi connectivity index (χ1n) is 13.5. The fraction of sp³-hybridized carbons (Fsp3) is 0.571. The lowest BCUT2D eigenvalue weighted by molar-refractivity contribution is -0.122. The molecule has 202 valence electrons. The molecule has 0 spiro atoms. The molecule has 4 atom stereocenters. The Kier molecular flexibility index (Phi) is 8.82. The van der Waals surface area contributed by atoms with Crippen LogP contribution < -0.4 is 16.4 Å². The number of carbonyl (C=O) groups excluding carboxylic acids is 1. The minimum atomic E-state index is -0.0476. The third-order valence-corrected chi connectivity index (χ3v) is 8.20. The van der Waals surface area contributed by atoms with E-state index in [0.29, 0.717) is 48.9 Å². The third kappa shape index (κ3) is 5.97. The molecule has 2 bridgehead atoms. The molecule has 8 nitrogen and oxygen atoms in total. The Morgan fingerprint density at radius 1 is 1.24 bits per heavy atom. The predicted molar refractivity (Wildman–Crippen MR) is 151 cm³/mol. The number of aliphatic imine (C=N–C) groups is 1. The molecule has 4 rings (SSSR count). The summed E-state index contributed by atoms with van der Waals surface area (Å²) in [7, 11) is 0. The molecule has 3 saturated heterocycles. The molecule has 0 aromatic heterocycles. The summed E-state index contributed by atoms with van der Waals surface area (Å²) in [6.07, 6.45) is 3.66. The van der Waals surface area contributed by atoms with E-state index in [9.17, 15) is 4.79 Å². The highest BCUT2D eigenvalue weighted by atomic mass is 35.5. The topological polar surface area (TPSA) is 89.2 Å². The van der Waals surface area contributed by atoms with Crippen molar-refractivity contribution in [1.82, 2.24) is 25.3 Å². The van der Waals surface area contributed by atoms with Crippen LogP contribution in [0.2, 0.25) is 5.02 Å². The maximum absolute atomic E-state index is 12.1. The molecule has 3 fully saturated rings. The highest BCUT2D eigenvalue weighted by molar-refractivity contribution is 6.30. The van der Waals surface area contributed by atoms with Gasteiger partial charge in [-0.2, -0.15) is 0 Å². The zero-order chi connectivity index (χ0) is 26.7. The molecule has 1 aromatic carbocycles. The highest BCUT2D eigenvalue weighted by Crippen LogP contribution is 2.38. The second-order valence-corrected chi connectivity index (χ2v) is 11.1. The van der Waals surface area contributed by atoms with Crippen molar-refractivity contribution in [3.63, 3.8) is 0 Å². The quantitative estimate of drug-likeness (QED) is 0.338. The van der Waals surface area contributed by atoms with Gasteiger partial charge in [-0.15, -0.1) is 0 Å². The lowest BCUT2D eigenvalue weighted by Gasteiger charge is -2.48. The number of hydrogen-bond donors (Lipinski definition) is 3. The molecule has 4 N–H and O–H groups in total. The van der Waals surface area contributed by atoms with Crippen molar-refractivity contribution >= 4 is 23.8 Å².